The smallest absolute Gasteiger partial charge is 0.283 e. The Morgan fingerprint density at radius 1 is 1.08 bits per heavy atom. The molecule has 0 aliphatic rings. The fraction of sp³-hybridized carbons (Fsp3) is 0.192. The first-order valence-corrected chi connectivity index (χ1v) is 11.5. The van der Waals surface area contributed by atoms with E-state index in [1.54, 1.807) is 19.2 Å². The molecule has 180 valence electrons. The van der Waals surface area contributed by atoms with E-state index in [2.05, 4.69) is 50.4 Å². The molecule has 0 aliphatic heterocycles. The molecule has 0 saturated carbocycles. The normalized spacial score (nSPS) is 11.8. The van der Waals surface area contributed by atoms with Crippen LogP contribution in [0.4, 0.5) is 4.39 Å². The largest absolute Gasteiger partial charge is 0.378 e. The number of halogens is 1. The summed E-state index contributed by atoms with van der Waals surface area (Å²) in [6, 6.07) is 12.3. The average molecular weight is 484 g/mol. The third-order valence-electron chi connectivity index (χ3n) is 6.33. The highest BCUT2D eigenvalue weighted by molar-refractivity contribution is 5.84. The molecule has 9 nitrogen and oxygen atoms in total. The summed E-state index contributed by atoms with van der Waals surface area (Å²) in [6.07, 6.45) is 4.15. The van der Waals surface area contributed by atoms with Crippen LogP contribution in [0.2, 0.25) is 0 Å². The van der Waals surface area contributed by atoms with E-state index in [-0.39, 0.29) is 23.5 Å². The number of aromatic amines is 1. The van der Waals surface area contributed by atoms with Crippen LogP contribution in [-0.4, -0.2) is 41.5 Å². The van der Waals surface area contributed by atoms with Crippen LogP contribution in [0.1, 0.15) is 16.8 Å². The minimum Gasteiger partial charge on any atom is -0.378 e. The van der Waals surface area contributed by atoms with E-state index in [0.717, 1.165) is 22.0 Å². The maximum absolute atomic E-state index is 13.5. The van der Waals surface area contributed by atoms with Crippen LogP contribution >= 0.6 is 0 Å². The van der Waals surface area contributed by atoms with Crippen molar-refractivity contribution in [3.8, 4) is 11.1 Å². The fourth-order valence-corrected chi connectivity index (χ4v) is 4.55. The third-order valence-corrected chi connectivity index (χ3v) is 6.33. The first-order valence-electron chi connectivity index (χ1n) is 11.5. The van der Waals surface area contributed by atoms with Crippen LogP contribution in [-0.2, 0) is 24.3 Å². The zero-order valence-corrected chi connectivity index (χ0v) is 19.7. The molecular weight excluding hydrogens is 461 g/mol. The van der Waals surface area contributed by atoms with Crippen molar-refractivity contribution < 1.29 is 9.13 Å². The van der Waals surface area contributed by atoms with Crippen LogP contribution in [0.3, 0.4) is 0 Å². The van der Waals surface area contributed by atoms with Gasteiger partial charge in [-0.2, -0.15) is 9.61 Å². The van der Waals surface area contributed by atoms with Crippen LogP contribution < -0.4 is 5.56 Å². The second kappa shape index (κ2) is 8.65. The van der Waals surface area contributed by atoms with Gasteiger partial charge in [0.05, 0.1) is 17.9 Å². The summed E-state index contributed by atoms with van der Waals surface area (Å²) in [4.78, 5) is 21.1. The maximum Gasteiger partial charge on any atom is 0.283 e. The Morgan fingerprint density at radius 2 is 1.92 bits per heavy atom. The molecule has 10 heteroatoms. The number of nitrogens with one attached hydrogen (secondary N) is 1. The molecule has 0 amide bonds. The Kier molecular flexibility index (Phi) is 5.30. The molecule has 0 fully saturated rings. The molecule has 6 rings (SSSR count). The van der Waals surface area contributed by atoms with Gasteiger partial charge in [0.25, 0.3) is 5.56 Å². The maximum atomic E-state index is 13.5. The van der Waals surface area contributed by atoms with Crippen molar-refractivity contribution in [2.45, 2.75) is 26.5 Å². The lowest BCUT2D eigenvalue weighted by molar-refractivity contribution is 0.181. The summed E-state index contributed by atoms with van der Waals surface area (Å²) >= 11 is 0. The molecule has 0 unspecified atom stereocenters. The first kappa shape index (κ1) is 22.1. The minimum atomic E-state index is -0.343. The van der Waals surface area contributed by atoms with Gasteiger partial charge in [0, 0.05) is 30.8 Å². The topological polar surface area (TPSA) is 103 Å². The molecule has 0 spiro atoms. The Morgan fingerprint density at radius 3 is 2.72 bits per heavy atom. The summed E-state index contributed by atoms with van der Waals surface area (Å²) in [5.74, 6) is -0.343. The molecule has 4 aromatic heterocycles. The average Bonchev–Trinajstić information content (AvgIpc) is 3.45. The third kappa shape index (κ3) is 3.62. The number of hydrogen-bond acceptors (Lipinski definition) is 6. The molecule has 0 atom stereocenters. The lowest BCUT2D eigenvalue weighted by Crippen LogP contribution is -2.23. The first-order chi connectivity index (χ1) is 17.5. The molecule has 4 heterocycles. The lowest BCUT2D eigenvalue weighted by atomic mass is 10.1. The van der Waals surface area contributed by atoms with Crippen LogP contribution in [0.5, 0.6) is 0 Å². The molecule has 0 aliphatic carbocycles. The van der Waals surface area contributed by atoms with Crippen molar-refractivity contribution in [1.82, 2.24) is 34.3 Å². The van der Waals surface area contributed by atoms with E-state index < -0.39 is 0 Å². The highest BCUT2D eigenvalue weighted by Crippen LogP contribution is 2.29. The van der Waals surface area contributed by atoms with Gasteiger partial charge in [-0.05, 0) is 48.7 Å². The van der Waals surface area contributed by atoms with Crippen LogP contribution in [0, 0.1) is 12.7 Å². The summed E-state index contributed by atoms with van der Waals surface area (Å²) in [7, 11) is 1.56. The van der Waals surface area contributed by atoms with E-state index in [1.165, 1.54) is 33.1 Å². The number of rotatable bonds is 6. The van der Waals surface area contributed by atoms with Crippen molar-refractivity contribution in [2.24, 2.45) is 0 Å². The Bertz CT molecular complexity index is 1800. The number of H-pyrrole nitrogens is 1. The lowest BCUT2D eigenvalue weighted by Gasteiger charge is -2.07. The number of methoxy groups -OCH3 is 1. The molecule has 1 N–H and O–H groups in total. The number of aromatic nitrogens is 7. The van der Waals surface area contributed by atoms with Gasteiger partial charge in [0.1, 0.15) is 12.1 Å². The standard InChI is InChI=1S/C26H22FN7O2/c1-15-3-8-20-19(11-15)17(12-28-20)9-10-33-14-29-25-23(26(33)35)30-31-24-22(16-4-6-18(27)7-5-16)21(13-36-2)32-34(24)25/h3-8,11-12,14,28H,9-10,13H2,1-2H3. The summed E-state index contributed by atoms with van der Waals surface area (Å²) < 4.78 is 21.9. The Labute approximate surface area is 204 Å². The molecule has 36 heavy (non-hydrogen) atoms. The van der Waals surface area contributed by atoms with E-state index >= 15 is 0 Å². The summed E-state index contributed by atoms with van der Waals surface area (Å²) in [6.45, 7) is 2.71. The highest BCUT2D eigenvalue weighted by Gasteiger charge is 2.20. The number of hydrogen-bond donors (Lipinski definition) is 1. The highest BCUT2D eigenvalue weighted by atomic mass is 19.1. The monoisotopic (exact) mass is 483 g/mol. The van der Waals surface area contributed by atoms with Gasteiger partial charge in [0.15, 0.2) is 16.8 Å². The number of aryl methyl sites for hydroxylation is 3. The Balaban J connectivity index is 1.41. The van der Waals surface area contributed by atoms with Gasteiger partial charge in [-0.15, -0.1) is 10.2 Å². The van der Waals surface area contributed by atoms with E-state index in [1.807, 2.05) is 6.20 Å². The molecular formula is C26H22FN7O2. The minimum absolute atomic E-state index is 0.122. The number of benzene rings is 2. The van der Waals surface area contributed by atoms with Gasteiger partial charge >= 0.3 is 0 Å². The molecule has 0 saturated heterocycles. The van der Waals surface area contributed by atoms with Crippen molar-refractivity contribution >= 4 is 27.7 Å². The van der Waals surface area contributed by atoms with Crippen molar-refractivity contribution in [3.05, 3.63) is 88.0 Å². The predicted octanol–water partition coefficient (Wildman–Crippen LogP) is 3.82. The Hall–Kier alpha value is -4.44. The summed E-state index contributed by atoms with van der Waals surface area (Å²) in [5, 5.41) is 14.3. The van der Waals surface area contributed by atoms with Crippen LogP contribution in [0.25, 0.3) is 38.8 Å². The van der Waals surface area contributed by atoms with Gasteiger partial charge in [-0.3, -0.25) is 9.36 Å². The number of fused-ring (bicyclic) bond motifs is 4. The van der Waals surface area contributed by atoms with Crippen molar-refractivity contribution in [2.75, 3.05) is 7.11 Å². The zero-order chi connectivity index (χ0) is 24.8. The van der Waals surface area contributed by atoms with Crippen LogP contribution in [0.15, 0.2) is 59.8 Å². The van der Waals surface area contributed by atoms with Gasteiger partial charge < -0.3 is 9.72 Å². The summed E-state index contributed by atoms with van der Waals surface area (Å²) in [5.41, 5.74) is 5.88. The van der Waals surface area contributed by atoms with Gasteiger partial charge in [-0.1, -0.05) is 23.8 Å². The molecule has 2 aromatic carbocycles. The van der Waals surface area contributed by atoms with E-state index in [9.17, 15) is 9.18 Å². The zero-order valence-electron chi connectivity index (χ0n) is 19.7. The SMILES string of the molecule is COCc1nn2c(nnc3c(=O)n(CCc4c[nH]c5ccc(C)cc45)cnc32)c1-c1ccc(F)cc1. The molecule has 0 bridgehead atoms. The molecule has 6 aromatic rings. The number of nitrogens with zero attached hydrogens (tertiary/aromatic N) is 6. The van der Waals surface area contributed by atoms with E-state index in [0.29, 0.717) is 35.5 Å². The van der Waals surface area contributed by atoms with Crippen molar-refractivity contribution in [3.63, 3.8) is 0 Å². The van der Waals surface area contributed by atoms with Gasteiger partial charge in [-0.25, -0.2) is 9.37 Å². The number of ether oxygens (including phenoxy) is 1. The predicted molar refractivity (Wildman–Crippen MR) is 133 cm³/mol. The molecule has 0 radical (unpaired) electrons. The second-order valence-electron chi connectivity index (χ2n) is 8.73. The van der Waals surface area contributed by atoms with Gasteiger partial charge in [0.2, 0.25) is 0 Å². The quantitative estimate of drug-likeness (QED) is 0.386. The fourth-order valence-electron chi connectivity index (χ4n) is 4.55. The van der Waals surface area contributed by atoms with Crippen molar-refractivity contribution in [1.29, 1.82) is 0 Å². The second-order valence-corrected chi connectivity index (χ2v) is 8.73. The van der Waals surface area contributed by atoms with E-state index in [4.69, 9.17) is 4.74 Å².